The van der Waals surface area contributed by atoms with Crippen molar-refractivity contribution in [3.05, 3.63) is 11.7 Å². The zero-order valence-electron chi connectivity index (χ0n) is 11.2. The van der Waals surface area contributed by atoms with E-state index >= 15 is 0 Å². The highest BCUT2D eigenvalue weighted by Crippen LogP contribution is 2.21. The molecule has 0 aromatic carbocycles. The summed E-state index contributed by atoms with van der Waals surface area (Å²) in [5, 5.41) is 7.22. The molecule has 0 aliphatic heterocycles. The minimum absolute atomic E-state index is 0.193. The molecule has 0 aliphatic carbocycles. The molecule has 92 valence electrons. The average molecular weight is 225 g/mol. The second-order valence-electron chi connectivity index (χ2n) is 5.65. The van der Waals surface area contributed by atoms with Crippen molar-refractivity contribution in [2.24, 2.45) is 5.41 Å². The van der Waals surface area contributed by atoms with Gasteiger partial charge in [-0.15, -0.1) is 0 Å². The largest absolute Gasteiger partial charge is 0.339 e. The summed E-state index contributed by atoms with van der Waals surface area (Å²) in [7, 11) is 1.94. The Hall–Kier alpha value is -0.900. The molecule has 0 amide bonds. The number of nitrogens with one attached hydrogen (secondary N) is 1. The molecule has 1 heterocycles. The maximum atomic E-state index is 5.29. The number of rotatable bonds is 4. The van der Waals surface area contributed by atoms with E-state index in [1.165, 1.54) is 0 Å². The zero-order valence-corrected chi connectivity index (χ0v) is 11.2. The van der Waals surface area contributed by atoms with Gasteiger partial charge in [0.15, 0.2) is 5.82 Å². The Bertz CT molecular complexity index is 327. The van der Waals surface area contributed by atoms with E-state index in [-0.39, 0.29) is 11.3 Å². The maximum absolute atomic E-state index is 5.29. The van der Waals surface area contributed by atoms with Crippen LogP contribution < -0.4 is 5.32 Å². The van der Waals surface area contributed by atoms with Gasteiger partial charge in [-0.1, -0.05) is 32.9 Å². The number of aromatic nitrogens is 2. The van der Waals surface area contributed by atoms with Gasteiger partial charge in [0.2, 0.25) is 5.89 Å². The van der Waals surface area contributed by atoms with Crippen molar-refractivity contribution in [3.63, 3.8) is 0 Å². The Morgan fingerprint density at radius 3 is 2.44 bits per heavy atom. The average Bonchev–Trinajstić information content (AvgIpc) is 2.61. The summed E-state index contributed by atoms with van der Waals surface area (Å²) >= 11 is 0. The molecule has 0 fully saturated rings. The third-order valence-corrected chi connectivity index (χ3v) is 2.77. The monoisotopic (exact) mass is 225 g/mol. The van der Waals surface area contributed by atoms with Crippen LogP contribution in [-0.4, -0.2) is 23.2 Å². The smallest absolute Gasteiger partial charge is 0.231 e. The van der Waals surface area contributed by atoms with E-state index in [0.29, 0.717) is 6.04 Å². The van der Waals surface area contributed by atoms with Crippen LogP contribution in [-0.2, 0) is 6.42 Å². The first-order valence-electron chi connectivity index (χ1n) is 5.83. The molecule has 4 heteroatoms. The minimum atomic E-state index is 0.193. The summed E-state index contributed by atoms with van der Waals surface area (Å²) in [6.45, 7) is 10.7. The van der Waals surface area contributed by atoms with Crippen molar-refractivity contribution in [3.8, 4) is 0 Å². The SMILES string of the molecule is CNC(C)C(C)c1nc(CC(C)(C)C)no1. The van der Waals surface area contributed by atoms with Crippen molar-refractivity contribution in [1.29, 1.82) is 0 Å². The lowest BCUT2D eigenvalue weighted by atomic mass is 9.92. The quantitative estimate of drug-likeness (QED) is 0.854. The van der Waals surface area contributed by atoms with Crippen molar-refractivity contribution < 1.29 is 4.52 Å². The molecule has 1 aromatic heterocycles. The second-order valence-corrected chi connectivity index (χ2v) is 5.65. The lowest BCUT2D eigenvalue weighted by Gasteiger charge is -2.15. The number of nitrogens with zero attached hydrogens (tertiary/aromatic N) is 2. The molecule has 2 unspecified atom stereocenters. The van der Waals surface area contributed by atoms with Crippen molar-refractivity contribution in [1.82, 2.24) is 15.5 Å². The van der Waals surface area contributed by atoms with Crippen LogP contribution >= 0.6 is 0 Å². The molecule has 1 rings (SSSR count). The van der Waals surface area contributed by atoms with Gasteiger partial charge >= 0.3 is 0 Å². The number of hydrogen-bond donors (Lipinski definition) is 1. The van der Waals surface area contributed by atoms with Gasteiger partial charge in [0.1, 0.15) is 0 Å². The lowest BCUT2D eigenvalue weighted by molar-refractivity contribution is 0.326. The molecule has 16 heavy (non-hydrogen) atoms. The summed E-state index contributed by atoms with van der Waals surface area (Å²) < 4.78 is 5.29. The Labute approximate surface area is 97.8 Å². The molecular formula is C12H23N3O. The molecular weight excluding hydrogens is 202 g/mol. The molecule has 2 atom stereocenters. The first kappa shape index (κ1) is 13.2. The van der Waals surface area contributed by atoms with E-state index in [1.807, 2.05) is 7.05 Å². The first-order valence-corrected chi connectivity index (χ1v) is 5.83. The van der Waals surface area contributed by atoms with Gasteiger partial charge < -0.3 is 9.84 Å². The van der Waals surface area contributed by atoms with Crippen LogP contribution in [0, 0.1) is 5.41 Å². The summed E-state index contributed by atoms with van der Waals surface area (Å²) in [6.07, 6.45) is 0.844. The van der Waals surface area contributed by atoms with Gasteiger partial charge in [-0.3, -0.25) is 0 Å². The molecule has 4 nitrogen and oxygen atoms in total. The third kappa shape index (κ3) is 3.59. The third-order valence-electron chi connectivity index (χ3n) is 2.77. The second kappa shape index (κ2) is 4.95. The first-order chi connectivity index (χ1) is 7.33. The highest BCUT2D eigenvalue weighted by atomic mass is 16.5. The van der Waals surface area contributed by atoms with Crippen LogP contribution in [0.3, 0.4) is 0 Å². The lowest BCUT2D eigenvalue weighted by Crippen LogP contribution is -2.27. The zero-order chi connectivity index (χ0) is 12.3. The van der Waals surface area contributed by atoms with E-state index in [9.17, 15) is 0 Å². The Morgan fingerprint density at radius 1 is 1.31 bits per heavy atom. The fraction of sp³-hybridized carbons (Fsp3) is 0.833. The minimum Gasteiger partial charge on any atom is -0.339 e. The molecule has 1 aromatic rings. The Balaban J connectivity index is 2.71. The van der Waals surface area contributed by atoms with E-state index < -0.39 is 0 Å². The molecule has 0 saturated carbocycles. The summed E-state index contributed by atoms with van der Waals surface area (Å²) in [5.41, 5.74) is 0.193. The van der Waals surface area contributed by atoms with Crippen LogP contribution in [0.25, 0.3) is 0 Å². The summed E-state index contributed by atoms with van der Waals surface area (Å²) in [5.74, 6) is 1.77. The predicted octanol–water partition coefficient (Wildman–Crippen LogP) is 2.37. The summed E-state index contributed by atoms with van der Waals surface area (Å²) in [6, 6.07) is 0.336. The van der Waals surface area contributed by atoms with Crippen LogP contribution in [0.4, 0.5) is 0 Å². The molecule has 0 radical (unpaired) electrons. The molecule has 0 spiro atoms. The maximum Gasteiger partial charge on any atom is 0.231 e. The fourth-order valence-corrected chi connectivity index (χ4v) is 1.46. The van der Waals surface area contributed by atoms with Crippen LogP contribution in [0.1, 0.15) is 52.3 Å². The Kier molecular flexibility index (Phi) is 4.08. The van der Waals surface area contributed by atoms with Gasteiger partial charge in [0, 0.05) is 12.5 Å². The van der Waals surface area contributed by atoms with Crippen molar-refractivity contribution >= 4 is 0 Å². The van der Waals surface area contributed by atoms with Crippen LogP contribution in [0.2, 0.25) is 0 Å². The summed E-state index contributed by atoms with van der Waals surface area (Å²) in [4.78, 5) is 4.45. The highest BCUT2D eigenvalue weighted by molar-refractivity contribution is 4.97. The van der Waals surface area contributed by atoms with Gasteiger partial charge in [0.25, 0.3) is 0 Å². The molecule has 0 aliphatic rings. The highest BCUT2D eigenvalue weighted by Gasteiger charge is 2.21. The van der Waals surface area contributed by atoms with Gasteiger partial charge in [-0.25, -0.2) is 0 Å². The van der Waals surface area contributed by atoms with Crippen molar-refractivity contribution in [2.75, 3.05) is 7.05 Å². The van der Waals surface area contributed by atoms with E-state index in [4.69, 9.17) is 4.52 Å². The van der Waals surface area contributed by atoms with Crippen LogP contribution in [0.15, 0.2) is 4.52 Å². The van der Waals surface area contributed by atoms with E-state index in [0.717, 1.165) is 18.1 Å². The number of likely N-dealkylation sites (N-methyl/N-ethyl adjacent to an activating group) is 1. The van der Waals surface area contributed by atoms with Gasteiger partial charge in [-0.05, 0) is 19.4 Å². The van der Waals surface area contributed by atoms with Crippen LogP contribution in [0.5, 0.6) is 0 Å². The topological polar surface area (TPSA) is 51.0 Å². The molecule has 0 bridgehead atoms. The predicted molar refractivity (Wildman–Crippen MR) is 64.4 cm³/mol. The van der Waals surface area contributed by atoms with E-state index in [1.54, 1.807) is 0 Å². The molecule has 0 saturated heterocycles. The van der Waals surface area contributed by atoms with Gasteiger partial charge in [-0.2, -0.15) is 4.98 Å². The Morgan fingerprint density at radius 2 is 1.94 bits per heavy atom. The molecule has 1 N–H and O–H groups in total. The van der Waals surface area contributed by atoms with E-state index in [2.05, 4.69) is 50.1 Å². The number of hydrogen-bond acceptors (Lipinski definition) is 4. The normalized spacial score (nSPS) is 16.1. The van der Waals surface area contributed by atoms with Crippen molar-refractivity contribution in [2.45, 2.75) is 53.0 Å². The standard InChI is InChI=1S/C12H23N3O/c1-8(9(2)13-6)11-14-10(15-16-11)7-12(3,4)5/h8-9,13H,7H2,1-6H3. The van der Waals surface area contributed by atoms with Gasteiger partial charge in [0.05, 0.1) is 5.92 Å². The fourth-order valence-electron chi connectivity index (χ4n) is 1.46.